The smallest absolute Gasteiger partial charge is 0.254 e. The highest BCUT2D eigenvalue weighted by Crippen LogP contribution is 2.34. The van der Waals surface area contributed by atoms with Crippen molar-refractivity contribution in [2.45, 2.75) is 12.5 Å². The van der Waals surface area contributed by atoms with Gasteiger partial charge in [-0.2, -0.15) is 4.98 Å². The van der Waals surface area contributed by atoms with E-state index in [1.165, 1.54) is 0 Å². The predicted octanol–water partition coefficient (Wildman–Crippen LogP) is 3.08. The van der Waals surface area contributed by atoms with Crippen LogP contribution in [0, 0.1) is 0 Å². The summed E-state index contributed by atoms with van der Waals surface area (Å²) in [6, 6.07) is 14.6. The molecule has 2 heterocycles. The number of carbonyl (C=O) groups is 1. The molecule has 10 nitrogen and oxygen atoms in total. The summed E-state index contributed by atoms with van der Waals surface area (Å²) in [6.45, 7) is 2.81. The molecular weight excluding hydrogens is 458 g/mol. The molecule has 0 radical (unpaired) electrons. The topological polar surface area (TPSA) is 118 Å². The average Bonchev–Trinajstić information content (AvgIpc) is 2.85. The zero-order chi connectivity index (χ0) is 25.5. The number of nitrogens with zero attached hydrogens (tertiary/aromatic N) is 4. The summed E-state index contributed by atoms with van der Waals surface area (Å²) in [7, 11) is 5.70. The first-order valence-electron chi connectivity index (χ1n) is 11.9. The summed E-state index contributed by atoms with van der Waals surface area (Å²) in [5.41, 5.74) is 9.00. The van der Waals surface area contributed by atoms with Crippen LogP contribution in [0.15, 0.2) is 54.7 Å². The van der Waals surface area contributed by atoms with Crippen LogP contribution >= 0.6 is 0 Å². The second kappa shape index (κ2) is 11.6. The van der Waals surface area contributed by atoms with E-state index in [2.05, 4.69) is 25.5 Å². The molecule has 10 heteroatoms. The molecule has 36 heavy (non-hydrogen) atoms. The zero-order valence-corrected chi connectivity index (χ0v) is 20.9. The van der Waals surface area contributed by atoms with Crippen molar-refractivity contribution in [1.29, 1.82) is 0 Å². The molecule has 1 aliphatic rings. The van der Waals surface area contributed by atoms with Crippen molar-refractivity contribution in [2.75, 3.05) is 63.8 Å². The molecule has 0 saturated carbocycles. The van der Waals surface area contributed by atoms with Crippen LogP contribution in [0.3, 0.4) is 0 Å². The fraction of sp³-hybridized carbons (Fsp3) is 0.346. The van der Waals surface area contributed by atoms with E-state index in [9.17, 15) is 4.79 Å². The number of hydrogen-bond donors (Lipinski definition) is 3. The molecule has 4 N–H and O–H groups in total. The van der Waals surface area contributed by atoms with Crippen LogP contribution in [0.1, 0.15) is 16.8 Å². The minimum absolute atomic E-state index is 0.000753. The number of rotatable bonds is 11. The molecule has 1 aliphatic heterocycles. The Hall–Kier alpha value is -4.05. The highest BCUT2D eigenvalue weighted by Gasteiger charge is 2.33. The maximum atomic E-state index is 12.5. The Morgan fingerprint density at radius 1 is 1.17 bits per heavy atom. The second-order valence-electron chi connectivity index (χ2n) is 8.88. The number of nitrogens with two attached hydrogens (primary N) is 1. The lowest BCUT2D eigenvalue weighted by Gasteiger charge is -2.38. The largest absolute Gasteiger partial charge is 0.494 e. The molecular formula is C26H33N7O3. The van der Waals surface area contributed by atoms with E-state index in [0.717, 1.165) is 25.2 Å². The van der Waals surface area contributed by atoms with Crippen molar-refractivity contribution in [3.8, 4) is 11.6 Å². The molecule has 0 atom stereocenters. The van der Waals surface area contributed by atoms with Crippen LogP contribution in [-0.2, 0) is 0 Å². The first kappa shape index (κ1) is 25.1. The molecule has 0 unspecified atom stereocenters. The van der Waals surface area contributed by atoms with E-state index in [4.69, 9.17) is 15.2 Å². The summed E-state index contributed by atoms with van der Waals surface area (Å²) in [5, 5.41) is 6.53. The number of hydrogen-bond acceptors (Lipinski definition) is 9. The van der Waals surface area contributed by atoms with E-state index >= 15 is 0 Å². The number of anilines is 4. The van der Waals surface area contributed by atoms with Gasteiger partial charge in [0, 0.05) is 30.4 Å². The van der Waals surface area contributed by atoms with Gasteiger partial charge in [0.15, 0.2) is 0 Å². The fourth-order valence-electron chi connectivity index (χ4n) is 3.84. The predicted molar refractivity (Wildman–Crippen MR) is 141 cm³/mol. The van der Waals surface area contributed by atoms with Gasteiger partial charge in [-0.1, -0.05) is 18.2 Å². The highest BCUT2D eigenvalue weighted by molar-refractivity contribution is 5.94. The van der Waals surface area contributed by atoms with Gasteiger partial charge in [0.2, 0.25) is 11.8 Å². The van der Waals surface area contributed by atoms with Gasteiger partial charge in [0.25, 0.3) is 5.91 Å². The third-order valence-electron chi connectivity index (χ3n) is 5.79. The van der Waals surface area contributed by atoms with Gasteiger partial charge in [-0.25, -0.2) is 4.98 Å². The molecule has 190 valence electrons. The summed E-state index contributed by atoms with van der Waals surface area (Å²) >= 11 is 0. The molecule has 0 spiro atoms. The SMILES string of the molecule is COc1cc(NCCCN(C)C)c(N)cc1Nc1nccc(OC2CN(C(=O)c3ccccc3)C2)n1. The molecule has 0 bridgehead atoms. The number of aromatic nitrogens is 2. The molecule has 1 saturated heterocycles. The molecule has 1 amide bonds. The van der Waals surface area contributed by atoms with Gasteiger partial charge in [-0.05, 0) is 45.3 Å². The van der Waals surface area contributed by atoms with Gasteiger partial charge in [-0.3, -0.25) is 4.79 Å². The maximum absolute atomic E-state index is 12.5. The van der Waals surface area contributed by atoms with Crippen molar-refractivity contribution in [2.24, 2.45) is 0 Å². The summed E-state index contributed by atoms with van der Waals surface area (Å²) < 4.78 is 11.5. The van der Waals surface area contributed by atoms with E-state index in [0.29, 0.717) is 47.6 Å². The van der Waals surface area contributed by atoms with E-state index in [1.54, 1.807) is 30.3 Å². The highest BCUT2D eigenvalue weighted by atomic mass is 16.5. The van der Waals surface area contributed by atoms with Crippen LogP contribution in [0.2, 0.25) is 0 Å². The van der Waals surface area contributed by atoms with Crippen LogP contribution in [0.5, 0.6) is 11.6 Å². The standard InChI is InChI=1S/C26H33N7O3/c1-32(2)13-7-11-28-21-15-23(35-3)22(14-20(21)27)30-26-29-12-10-24(31-26)36-19-16-33(17-19)25(34)18-8-5-4-6-9-18/h4-6,8-10,12,14-15,19,28H,7,11,13,16-17,27H2,1-3H3,(H,29,30,31). The van der Waals surface area contributed by atoms with Crippen molar-refractivity contribution in [3.63, 3.8) is 0 Å². The van der Waals surface area contributed by atoms with Gasteiger partial charge in [0.1, 0.15) is 11.9 Å². The fourth-order valence-corrected chi connectivity index (χ4v) is 3.84. The van der Waals surface area contributed by atoms with E-state index in [1.807, 2.05) is 50.5 Å². The lowest BCUT2D eigenvalue weighted by molar-refractivity contribution is 0.0160. The Morgan fingerprint density at radius 2 is 1.94 bits per heavy atom. The number of ether oxygens (including phenoxy) is 2. The van der Waals surface area contributed by atoms with E-state index < -0.39 is 0 Å². The average molecular weight is 492 g/mol. The van der Waals surface area contributed by atoms with Crippen molar-refractivity contribution >= 4 is 28.9 Å². The quantitative estimate of drug-likeness (QED) is 0.275. The van der Waals surface area contributed by atoms with Gasteiger partial charge < -0.3 is 35.6 Å². The molecule has 3 aromatic rings. The molecule has 0 aliphatic carbocycles. The van der Waals surface area contributed by atoms with Crippen LogP contribution in [-0.4, -0.2) is 79.2 Å². The number of benzene rings is 2. The number of carbonyl (C=O) groups excluding carboxylic acids is 1. The Labute approximate surface area is 211 Å². The first-order chi connectivity index (χ1) is 17.4. The summed E-state index contributed by atoms with van der Waals surface area (Å²) in [4.78, 5) is 25.1. The Bertz CT molecular complexity index is 1170. The lowest BCUT2D eigenvalue weighted by atomic mass is 10.1. The van der Waals surface area contributed by atoms with Gasteiger partial charge in [0.05, 0.1) is 37.3 Å². The maximum Gasteiger partial charge on any atom is 0.254 e. The van der Waals surface area contributed by atoms with Gasteiger partial charge >= 0.3 is 0 Å². The molecule has 2 aromatic carbocycles. The first-order valence-corrected chi connectivity index (χ1v) is 11.9. The molecule has 1 fully saturated rings. The van der Waals surface area contributed by atoms with Crippen LogP contribution in [0.25, 0.3) is 0 Å². The summed E-state index contributed by atoms with van der Waals surface area (Å²) in [5.74, 6) is 1.40. The number of nitrogen functional groups attached to an aromatic ring is 1. The monoisotopic (exact) mass is 491 g/mol. The number of amides is 1. The lowest BCUT2D eigenvalue weighted by Crippen LogP contribution is -2.56. The Morgan fingerprint density at radius 3 is 2.67 bits per heavy atom. The number of likely N-dealkylation sites (tertiary alicyclic amines) is 1. The number of methoxy groups -OCH3 is 1. The third kappa shape index (κ3) is 6.33. The van der Waals surface area contributed by atoms with Gasteiger partial charge in [-0.15, -0.1) is 0 Å². The van der Waals surface area contributed by atoms with E-state index in [-0.39, 0.29) is 12.0 Å². The normalized spacial score (nSPS) is 13.3. The summed E-state index contributed by atoms with van der Waals surface area (Å²) in [6.07, 6.45) is 2.49. The molecule has 4 rings (SSSR count). The third-order valence-corrected chi connectivity index (χ3v) is 5.79. The van der Waals surface area contributed by atoms with Crippen molar-refractivity contribution < 1.29 is 14.3 Å². The Balaban J connectivity index is 1.34. The van der Waals surface area contributed by atoms with Crippen LogP contribution < -0.4 is 25.8 Å². The van der Waals surface area contributed by atoms with Crippen LogP contribution in [0.4, 0.5) is 23.0 Å². The second-order valence-corrected chi connectivity index (χ2v) is 8.88. The van der Waals surface area contributed by atoms with Crippen molar-refractivity contribution in [3.05, 3.63) is 60.3 Å². The minimum atomic E-state index is -0.122. The molecule has 1 aromatic heterocycles. The zero-order valence-electron chi connectivity index (χ0n) is 20.9. The Kier molecular flexibility index (Phi) is 8.06. The van der Waals surface area contributed by atoms with Crippen molar-refractivity contribution in [1.82, 2.24) is 19.8 Å². The minimum Gasteiger partial charge on any atom is -0.494 e. The number of nitrogens with one attached hydrogen (secondary N) is 2.